The average Bonchev–Trinajstić information content (AvgIpc) is 2.64. The third kappa shape index (κ3) is 5.93. The Morgan fingerprint density at radius 3 is 2.25 bits per heavy atom. The number of piperidine rings is 1. The van der Waals surface area contributed by atoms with Crippen molar-refractivity contribution in [1.29, 1.82) is 0 Å². The molecule has 0 unspecified atom stereocenters. The number of hydrogen-bond acceptors (Lipinski definition) is 4. The van der Waals surface area contributed by atoms with E-state index in [4.69, 9.17) is 4.74 Å². The highest BCUT2D eigenvalue weighted by atomic mass is 32.2. The highest BCUT2D eigenvalue weighted by molar-refractivity contribution is 7.86. The molecular weight excluding hydrogens is 378 g/mol. The zero-order chi connectivity index (χ0) is 20.9. The average molecular weight is 412 g/mol. The van der Waals surface area contributed by atoms with Crippen LogP contribution in [-0.2, 0) is 20.4 Å². The van der Waals surface area contributed by atoms with E-state index in [-0.39, 0.29) is 17.2 Å². The normalized spacial score (nSPS) is 16.9. The van der Waals surface area contributed by atoms with Crippen molar-refractivity contribution >= 4 is 16.1 Å². The first-order valence-electron chi connectivity index (χ1n) is 9.70. The Hall–Kier alpha value is -1.64. The molecule has 0 bridgehead atoms. The number of ether oxygens (including phenoxy) is 1. The van der Waals surface area contributed by atoms with Crippen LogP contribution in [0.15, 0.2) is 24.3 Å². The lowest BCUT2D eigenvalue weighted by Crippen LogP contribution is -2.47. The molecule has 1 aromatic rings. The van der Waals surface area contributed by atoms with Crippen LogP contribution in [0.25, 0.3) is 0 Å². The van der Waals surface area contributed by atoms with Crippen LogP contribution in [0.1, 0.15) is 39.2 Å². The number of rotatable bonds is 7. The molecule has 1 aliphatic rings. The third-order valence-electron chi connectivity index (χ3n) is 5.00. The molecule has 2 rings (SSSR count). The highest BCUT2D eigenvalue weighted by Crippen LogP contribution is 2.24. The van der Waals surface area contributed by atoms with Crippen molar-refractivity contribution in [3.63, 3.8) is 0 Å². The maximum Gasteiger partial charge on any atom is 0.281 e. The number of hydrogen-bond donors (Lipinski definition) is 1. The van der Waals surface area contributed by atoms with E-state index in [1.54, 1.807) is 0 Å². The van der Waals surface area contributed by atoms with Gasteiger partial charge in [-0.3, -0.25) is 4.79 Å². The lowest BCUT2D eigenvalue weighted by Gasteiger charge is -2.32. The smallest absolute Gasteiger partial charge is 0.281 e. The second kappa shape index (κ2) is 9.24. The number of benzene rings is 1. The Kier molecular flexibility index (Phi) is 7.47. The van der Waals surface area contributed by atoms with Gasteiger partial charge in [0, 0.05) is 33.1 Å². The van der Waals surface area contributed by atoms with Crippen molar-refractivity contribution < 1.29 is 17.9 Å². The van der Waals surface area contributed by atoms with E-state index in [9.17, 15) is 13.2 Å². The quantitative estimate of drug-likeness (QED) is 0.696. The molecule has 1 heterocycles. The maximum absolute atomic E-state index is 12.3. The topological polar surface area (TPSA) is 79.0 Å². The van der Waals surface area contributed by atoms with E-state index in [0.29, 0.717) is 39.1 Å². The van der Waals surface area contributed by atoms with Crippen molar-refractivity contribution in [2.24, 2.45) is 5.92 Å². The van der Waals surface area contributed by atoms with Crippen LogP contribution in [0.2, 0.25) is 0 Å². The molecule has 1 aliphatic heterocycles. The zero-order valence-electron chi connectivity index (χ0n) is 17.6. The summed E-state index contributed by atoms with van der Waals surface area (Å²) in [5.74, 6) is 0.595. The minimum atomic E-state index is -3.40. The lowest BCUT2D eigenvalue weighted by molar-refractivity contribution is -0.126. The van der Waals surface area contributed by atoms with Crippen molar-refractivity contribution in [1.82, 2.24) is 13.9 Å². The van der Waals surface area contributed by atoms with Gasteiger partial charge in [0.25, 0.3) is 10.2 Å². The molecule has 0 spiro atoms. The van der Waals surface area contributed by atoms with Gasteiger partial charge in [-0.25, -0.2) is 0 Å². The van der Waals surface area contributed by atoms with Crippen molar-refractivity contribution in [2.75, 3.05) is 40.3 Å². The van der Waals surface area contributed by atoms with Crippen molar-refractivity contribution in [3.8, 4) is 5.75 Å². The SMILES string of the molecule is CN(C)S(=O)(=O)N1CCC(C(=O)NCCOc2ccc(C(C)(C)C)cc2)CC1. The van der Waals surface area contributed by atoms with Gasteiger partial charge in [-0.05, 0) is 36.0 Å². The van der Waals surface area contributed by atoms with Crippen molar-refractivity contribution in [3.05, 3.63) is 29.8 Å². The predicted octanol–water partition coefficient (Wildman–Crippen LogP) is 2.00. The Balaban J connectivity index is 1.71. The molecule has 0 saturated carbocycles. The molecule has 1 N–H and O–H groups in total. The number of amides is 1. The summed E-state index contributed by atoms with van der Waals surface area (Å²) in [6, 6.07) is 8.01. The number of nitrogens with one attached hydrogen (secondary N) is 1. The first kappa shape index (κ1) is 22.6. The van der Waals surface area contributed by atoms with Gasteiger partial charge in [0.1, 0.15) is 12.4 Å². The molecule has 1 saturated heterocycles. The van der Waals surface area contributed by atoms with Gasteiger partial charge in [-0.1, -0.05) is 32.9 Å². The van der Waals surface area contributed by atoms with Gasteiger partial charge in [-0.2, -0.15) is 17.0 Å². The number of carbonyl (C=O) groups is 1. The molecule has 1 fully saturated rings. The summed E-state index contributed by atoms with van der Waals surface area (Å²) in [4.78, 5) is 12.3. The lowest BCUT2D eigenvalue weighted by atomic mass is 9.87. The molecule has 0 radical (unpaired) electrons. The summed E-state index contributed by atoms with van der Waals surface area (Å²) in [5.41, 5.74) is 1.35. The fourth-order valence-corrected chi connectivity index (χ4v) is 4.25. The van der Waals surface area contributed by atoms with E-state index in [2.05, 4.69) is 38.2 Å². The van der Waals surface area contributed by atoms with Crippen LogP contribution in [0.4, 0.5) is 0 Å². The number of nitrogens with zero attached hydrogens (tertiary/aromatic N) is 2. The van der Waals surface area contributed by atoms with Crippen LogP contribution in [0, 0.1) is 5.92 Å². The third-order valence-corrected chi connectivity index (χ3v) is 6.94. The molecule has 1 amide bonds. The van der Waals surface area contributed by atoms with Gasteiger partial charge < -0.3 is 10.1 Å². The molecule has 158 valence electrons. The monoisotopic (exact) mass is 411 g/mol. The summed E-state index contributed by atoms with van der Waals surface area (Å²) in [7, 11) is -0.361. The van der Waals surface area contributed by atoms with Crippen LogP contribution >= 0.6 is 0 Å². The summed E-state index contributed by atoms with van der Waals surface area (Å²) in [6.45, 7) is 8.06. The van der Waals surface area contributed by atoms with E-state index in [1.807, 2.05) is 12.1 Å². The molecule has 8 heteroatoms. The second-order valence-electron chi connectivity index (χ2n) is 8.38. The zero-order valence-corrected chi connectivity index (χ0v) is 18.4. The van der Waals surface area contributed by atoms with Crippen LogP contribution in [0.5, 0.6) is 5.75 Å². The molecule has 1 aromatic carbocycles. The van der Waals surface area contributed by atoms with E-state index in [0.717, 1.165) is 5.75 Å². The largest absolute Gasteiger partial charge is 0.492 e. The molecular formula is C20H33N3O4S. The standard InChI is InChI=1S/C20H33N3O4S/c1-20(2,3)17-6-8-18(9-7-17)27-15-12-21-19(24)16-10-13-23(14-11-16)28(25,26)22(4)5/h6-9,16H,10-15H2,1-5H3,(H,21,24). The van der Waals surface area contributed by atoms with Gasteiger partial charge in [0.05, 0.1) is 6.54 Å². The fourth-order valence-electron chi connectivity index (χ4n) is 3.12. The van der Waals surface area contributed by atoms with E-state index < -0.39 is 10.2 Å². The minimum Gasteiger partial charge on any atom is -0.492 e. The first-order chi connectivity index (χ1) is 13.0. The fraction of sp³-hybridized carbons (Fsp3) is 0.650. The van der Waals surface area contributed by atoms with Crippen molar-refractivity contribution in [2.45, 2.75) is 39.0 Å². The summed E-state index contributed by atoms with van der Waals surface area (Å²) in [6.07, 6.45) is 1.07. The summed E-state index contributed by atoms with van der Waals surface area (Å²) in [5, 5.41) is 2.89. The molecule has 7 nitrogen and oxygen atoms in total. The van der Waals surface area contributed by atoms with Gasteiger partial charge >= 0.3 is 0 Å². The van der Waals surface area contributed by atoms with Gasteiger partial charge in [-0.15, -0.1) is 0 Å². The molecule has 0 atom stereocenters. The Morgan fingerprint density at radius 1 is 1.18 bits per heavy atom. The minimum absolute atomic E-state index is 0.0337. The summed E-state index contributed by atoms with van der Waals surface area (Å²) >= 11 is 0. The Morgan fingerprint density at radius 2 is 1.75 bits per heavy atom. The molecule has 28 heavy (non-hydrogen) atoms. The van der Waals surface area contributed by atoms with Crippen LogP contribution in [-0.4, -0.2) is 63.3 Å². The first-order valence-corrected chi connectivity index (χ1v) is 11.1. The second-order valence-corrected chi connectivity index (χ2v) is 10.5. The maximum atomic E-state index is 12.3. The number of carbonyl (C=O) groups excluding carboxylic acids is 1. The van der Waals surface area contributed by atoms with E-state index >= 15 is 0 Å². The van der Waals surface area contributed by atoms with E-state index in [1.165, 1.54) is 28.3 Å². The van der Waals surface area contributed by atoms with Crippen LogP contribution in [0.3, 0.4) is 0 Å². The summed E-state index contributed by atoms with van der Waals surface area (Å²) < 4.78 is 32.6. The highest BCUT2D eigenvalue weighted by Gasteiger charge is 2.32. The van der Waals surface area contributed by atoms with Gasteiger partial charge in [0.2, 0.25) is 5.91 Å². The Bertz CT molecular complexity index is 747. The molecule has 0 aromatic heterocycles. The molecule has 0 aliphatic carbocycles. The predicted molar refractivity (Wildman–Crippen MR) is 111 cm³/mol. The Labute approximate surface area is 169 Å². The van der Waals surface area contributed by atoms with Gasteiger partial charge in [0.15, 0.2) is 0 Å². The van der Waals surface area contributed by atoms with Crippen LogP contribution < -0.4 is 10.1 Å².